The summed E-state index contributed by atoms with van der Waals surface area (Å²) < 4.78 is 0. The second-order valence-electron chi connectivity index (χ2n) is 10.8. The molecule has 216 valence electrons. The van der Waals surface area contributed by atoms with Crippen LogP contribution in [0.3, 0.4) is 0 Å². The van der Waals surface area contributed by atoms with Gasteiger partial charge >= 0.3 is 0 Å². The second-order valence-corrected chi connectivity index (χ2v) is 10.8. The fourth-order valence-corrected chi connectivity index (χ4v) is 6.92. The van der Waals surface area contributed by atoms with Crippen LogP contribution in [0.1, 0.15) is 107 Å². The summed E-state index contributed by atoms with van der Waals surface area (Å²) in [7, 11) is 0. The number of hydrogen-bond donors (Lipinski definition) is 0. The van der Waals surface area contributed by atoms with Crippen molar-refractivity contribution in [1.82, 2.24) is 0 Å². The van der Waals surface area contributed by atoms with E-state index in [1.165, 1.54) is 44.6 Å². The first-order valence-electron chi connectivity index (χ1n) is 15.6. The minimum Gasteiger partial charge on any atom is -0.248 e. The van der Waals surface area contributed by atoms with Gasteiger partial charge in [-0.05, 0) is 120 Å². The average molecular weight is 589 g/mol. The molecule has 0 unspecified atom stereocenters. The molecule has 5 heterocycles. The van der Waals surface area contributed by atoms with Crippen molar-refractivity contribution < 1.29 is 17.1 Å². The van der Waals surface area contributed by atoms with Gasteiger partial charge in [0.15, 0.2) is 0 Å². The van der Waals surface area contributed by atoms with Crippen LogP contribution in [0, 0.1) is 0 Å². The summed E-state index contributed by atoms with van der Waals surface area (Å²) >= 11 is 0. The SMILES string of the molecule is CCC1=C(CC)C2=NC1=CC1=NC(=CC3=NC(=CC4=NC(=C2)C(CC)=C4CC)C(CC)=C3CC)C(CC)=C1CC.[Fe]. The maximum Gasteiger partial charge on any atom is 0.0694 e. The van der Waals surface area contributed by atoms with E-state index in [0.29, 0.717) is 0 Å². The van der Waals surface area contributed by atoms with Crippen molar-refractivity contribution in [2.24, 2.45) is 20.0 Å². The molecule has 5 heteroatoms. The Morgan fingerprint density at radius 2 is 0.488 bits per heavy atom. The molecule has 5 aliphatic heterocycles. The predicted octanol–water partition coefficient (Wildman–Crippen LogP) is 9.82. The number of nitrogens with zero attached hydrogens (tertiary/aromatic N) is 4. The molecule has 0 saturated heterocycles. The van der Waals surface area contributed by atoms with Gasteiger partial charge in [0, 0.05) is 17.1 Å². The molecule has 5 rings (SSSR count). The van der Waals surface area contributed by atoms with E-state index in [-0.39, 0.29) is 17.1 Å². The number of allylic oxidation sites excluding steroid dienone is 12. The largest absolute Gasteiger partial charge is 0.248 e. The minimum atomic E-state index is 0. The average Bonchev–Trinajstić information content (AvgIpc) is 3.67. The van der Waals surface area contributed by atoms with Crippen LogP contribution in [0.5, 0.6) is 0 Å². The van der Waals surface area contributed by atoms with Crippen LogP contribution in [0.25, 0.3) is 0 Å². The maximum atomic E-state index is 5.25. The maximum absolute atomic E-state index is 5.25. The van der Waals surface area contributed by atoms with E-state index in [4.69, 9.17) is 20.0 Å². The van der Waals surface area contributed by atoms with Crippen molar-refractivity contribution in [1.29, 1.82) is 0 Å². The number of fused-ring (bicyclic) bond motifs is 4. The fourth-order valence-electron chi connectivity index (χ4n) is 6.92. The first-order chi connectivity index (χ1) is 19.5. The van der Waals surface area contributed by atoms with Crippen LogP contribution in [0.15, 0.2) is 112 Å². The molecule has 0 spiro atoms. The summed E-state index contributed by atoms with van der Waals surface area (Å²) in [5.74, 6) is 0. The third-order valence-electron chi connectivity index (χ3n) is 8.82. The second kappa shape index (κ2) is 13.0. The Balaban J connectivity index is 0.00000387. The van der Waals surface area contributed by atoms with Gasteiger partial charge in [-0.25, -0.2) is 20.0 Å². The third-order valence-corrected chi connectivity index (χ3v) is 8.82. The smallest absolute Gasteiger partial charge is 0.0694 e. The topological polar surface area (TPSA) is 49.4 Å². The minimum absolute atomic E-state index is 0. The summed E-state index contributed by atoms with van der Waals surface area (Å²) in [4.78, 5) is 21.0. The van der Waals surface area contributed by atoms with Crippen molar-refractivity contribution in [2.75, 3.05) is 0 Å². The van der Waals surface area contributed by atoms with E-state index in [2.05, 4.69) is 79.7 Å². The monoisotopic (exact) mass is 588 g/mol. The molecule has 0 fully saturated rings. The molecular formula is C36H44FeN4. The zero-order valence-corrected chi connectivity index (χ0v) is 27.2. The van der Waals surface area contributed by atoms with Crippen LogP contribution in [0.2, 0.25) is 0 Å². The van der Waals surface area contributed by atoms with Crippen LogP contribution < -0.4 is 0 Å². The molecule has 0 atom stereocenters. The van der Waals surface area contributed by atoms with Crippen molar-refractivity contribution in [3.63, 3.8) is 0 Å². The van der Waals surface area contributed by atoms with Gasteiger partial charge < -0.3 is 0 Å². The van der Waals surface area contributed by atoms with E-state index in [1.807, 2.05) is 0 Å². The van der Waals surface area contributed by atoms with Gasteiger partial charge in [0.05, 0.1) is 45.6 Å². The molecule has 0 aliphatic carbocycles. The predicted molar refractivity (Wildman–Crippen MR) is 173 cm³/mol. The third kappa shape index (κ3) is 5.28. The van der Waals surface area contributed by atoms with E-state index in [0.717, 1.165) is 97.0 Å². The van der Waals surface area contributed by atoms with Crippen molar-refractivity contribution in [3.8, 4) is 0 Å². The first kappa shape index (κ1) is 31.1. The van der Waals surface area contributed by atoms with Gasteiger partial charge in [0.25, 0.3) is 0 Å². The fraction of sp³-hybridized carbons (Fsp3) is 0.444. The molecule has 0 N–H and O–H groups in total. The Kier molecular flexibility index (Phi) is 9.82. The standard InChI is InChI=1S/C36H44N4.Fe/c1-9-21-22(10-2)30-18-32-25(13-5)26(14-6)34(39-32)20-36-28(16-8)27(15-7)35(40-36)19-33-24(12-4)23(11-3)31(38-33)17-29(21)37-30;/h17-20H,9-16H2,1-8H3;. The van der Waals surface area contributed by atoms with Gasteiger partial charge in [-0.1, -0.05) is 55.4 Å². The van der Waals surface area contributed by atoms with Gasteiger partial charge in [-0.15, -0.1) is 0 Å². The summed E-state index contributed by atoms with van der Waals surface area (Å²) in [5.41, 5.74) is 19.1. The van der Waals surface area contributed by atoms with Gasteiger partial charge in [0.1, 0.15) is 0 Å². The molecule has 0 aromatic rings. The van der Waals surface area contributed by atoms with E-state index >= 15 is 0 Å². The van der Waals surface area contributed by atoms with E-state index in [1.54, 1.807) is 0 Å². The first-order valence-corrected chi connectivity index (χ1v) is 15.6. The van der Waals surface area contributed by atoms with E-state index in [9.17, 15) is 0 Å². The zero-order valence-electron chi connectivity index (χ0n) is 26.1. The van der Waals surface area contributed by atoms with Crippen LogP contribution in [-0.4, -0.2) is 22.8 Å². The summed E-state index contributed by atoms with van der Waals surface area (Å²) in [6.07, 6.45) is 16.6. The summed E-state index contributed by atoms with van der Waals surface area (Å²) in [5, 5.41) is 0. The summed E-state index contributed by atoms with van der Waals surface area (Å²) in [6.45, 7) is 17.9. The zero-order chi connectivity index (χ0) is 28.6. The number of aliphatic imine (C=N–C) groups is 4. The van der Waals surface area contributed by atoms with Gasteiger partial charge in [0.2, 0.25) is 0 Å². The molecular weight excluding hydrogens is 544 g/mol. The Labute approximate surface area is 257 Å². The van der Waals surface area contributed by atoms with E-state index < -0.39 is 0 Å². The normalized spacial score (nSPS) is 20.1. The van der Waals surface area contributed by atoms with Crippen molar-refractivity contribution in [2.45, 2.75) is 107 Å². The van der Waals surface area contributed by atoms with Gasteiger partial charge in [-0.3, -0.25) is 0 Å². The molecule has 4 nitrogen and oxygen atoms in total. The quantitative estimate of drug-likeness (QED) is 0.254. The van der Waals surface area contributed by atoms with Crippen LogP contribution in [0.4, 0.5) is 0 Å². The Bertz CT molecular complexity index is 1290. The molecule has 0 saturated carbocycles. The molecule has 41 heavy (non-hydrogen) atoms. The molecule has 0 aromatic carbocycles. The molecule has 8 bridgehead atoms. The van der Waals surface area contributed by atoms with Crippen molar-refractivity contribution >= 4 is 22.8 Å². The number of hydrogen-bond acceptors (Lipinski definition) is 4. The molecule has 5 aliphatic rings. The van der Waals surface area contributed by atoms with Crippen molar-refractivity contribution in [3.05, 3.63) is 91.7 Å². The number of rotatable bonds is 8. The Hall–Kier alpha value is -2.88. The molecule has 0 radical (unpaired) electrons. The molecule has 0 aromatic heterocycles. The Morgan fingerprint density at radius 1 is 0.317 bits per heavy atom. The van der Waals surface area contributed by atoms with Crippen LogP contribution in [-0.2, 0) is 17.1 Å². The molecule has 0 amide bonds. The summed E-state index contributed by atoms with van der Waals surface area (Å²) in [6, 6.07) is 0. The van der Waals surface area contributed by atoms with Gasteiger partial charge in [-0.2, -0.15) is 0 Å². The van der Waals surface area contributed by atoms with Crippen LogP contribution >= 0.6 is 0 Å². The Morgan fingerprint density at radius 3 is 0.634 bits per heavy atom.